The Hall–Kier alpha value is -2.54. The van der Waals surface area contributed by atoms with Crippen LogP contribution in [-0.2, 0) is 11.2 Å². The van der Waals surface area contributed by atoms with E-state index in [4.69, 9.17) is 0 Å². The van der Waals surface area contributed by atoms with E-state index in [2.05, 4.69) is 15.6 Å². The molecular formula is C19H21N3O3S. The maximum Gasteiger partial charge on any atom is 0.325 e. The maximum atomic E-state index is 12.8. The van der Waals surface area contributed by atoms with Crippen LogP contribution in [0.25, 0.3) is 0 Å². The first-order valence-corrected chi connectivity index (χ1v) is 9.55. The minimum atomic E-state index is -0.457. The van der Waals surface area contributed by atoms with Gasteiger partial charge in [0.1, 0.15) is 6.29 Å². The Bertz CT molecular complexity index is 825. The van der Waals surface area contributed by atoms with Crippen molar-refractivity contribution in [3.63, 3.8) is 0 Å². The van der Waals surface area contributed by atoms with Crippen LogP contribution in [0.3, 0.4) is 0 Å². The number of aromatic nitrogens is 1. The van der Waals surface area contributed by atoms with E-state index in [1.807, 2.05) is 19.1 Å². The maximum absolute atomic E-state index is 12.8. The molecule has 6 nitrogen and oxygen atoms in total. The van der Waals surface area contributed by atoms with Crippen molar-refractivity contribution in [2.75, 3.05) is 10.6 Å². The summed E-state index contributed by atoms with van der Waals surface area (Å²) in [5.74, 6) is 0.147. The highest BCUT2D eigenvalue weighted by atomic mass is 32.1. The van der Waals surface area contributed by atoms with Gasteiger partial charge in [0.15, 0.2) is 10.9 Å². The van der Waals surface area contributed by atoms with Crippen molar-refractivity contribution in [1.29, 1.82) is 0 Å². The second-order valence-corrected chi connectivity index (χ2v) is 7.35. The number of ketones is 1. The summed E-state index contributed by atoms with van der Waals surface area (Å²) in [4.78, 5) is 39.8. The first-order valence-electron chi connectivity index (χ1n) is 8.67. The molecule has 1 aliphatic rings. The van der Waals surface area contributed by atoms with Gasteiger partial charge in [-0.15, -0.1) is 11.3 Å². The Kier molecular flexibility index (Phi) is 5.78. The standard InChI is InChI=1S/C19H21N3O3S/c1-12-6-7-16(15(10-12)17(24)13-4-2-3-5-13)21-18(25)22-19-20-14(8-9-23)11-26-19/h6-7,9-11,13H,2-5,8H2,1H3,(H2,20,21,22,25). The van der Waals surface area contributed by atoms with Crippen LogP contribution in [0.2, 0.25) is 0 Å². The predicted molar refractivity (Wildman–Crippen MR) is 102 cm³/mol. The fraction of sp³-hybridized carbons (Fsp3) is 0.368. The van der Waals surface area contributed by atoms with Crippen molar-refractivity contribution in [2.24, 2.45) is 5.92 Å². The molecule has 2 N–H and O–H groups in total. The molecule has 136 valence electrons. The van der Waals surface area contributed by atoms with Crippen molar-refractivity contribution < 1.29 is 14.4 Å². The molecule has 0 saturated heterocycles. The quantitative estimate of drug-likeness (QED) is 0.588. The van der Waals surface area contributed by atoms with Gasteiger partial charge in [0.2, 0.25) is 0 Å². The number of aldehydes is 1. The number of carbonyl (C=O) groups is 3. The van der Waals surface area contributed by atoms with Gasteiger partial charge in [0, 0.05) is 23.3 Å². The molecule has 7 heteroatoms. The zero-order valence-corrected chi connectivity index (χ0v) is 15.4. The third kappa shape index (κ3) is 4.35. The number of nitrogens with one attached hydrogen (secondary N) is 2. The van der Waals surface area contributed by atoms with Gasteiger partial charge in [-0.3, -0.25) is 10.1 Å². The number of amides is 2. The van der Waals surface area contributed by atoms with Gasteiger partial charge >= 0.3 is 6.03 Å². The summed E-state index contributed by atoms with van der Waals surface area (Å²) in [7, 11) is 0. The molecule has 1 saturated carbocycles. The molecule has 1 aromatic heterocycles. The second kappa shape index (κ2) is 8.23. The summed E-state index contributed by atoms with van der Waals surface area (Å²) < 4.78 is 0. The fourth-order valence-electron chi connectivity index (χ4n) is 3.17. The van der Waals surface area contributed by atoms with E-state index < -0.39 is 6.03 Å². The molecule has 3 rings (SSSR count). The lowest BCUT2D eigenvalue weighted by Crippen LogP contribution is -2.22. The molecule has 1 aromatic carbocycles. The van der Waals surface area contributed by atoms with Crippen LogP contribution in [-0.4, -0.2) is 23.1 Å². The van der Waals surface area contributed by atoms with Crippen LogP contribution in [0.4, 0.5) is 15.6 Å². The third-order valence-electron chi connectivity index (χ3n) is 4.48. The third-order valence-corrected chi connectivity index (χ3v) is 5.29. The minimum absolute atomic E-state index is 0.0465. The average Bonchev–Trinajstić information content (AvgIpc) is 3.28. The lowest BCUT2D eigenvalue weighted by Gasteiger charge is -2.14. The Balaban J connectivity index is 1.72. The Morgan fingerprint density at radius 2 is 2.04 bits per heavy atom. The molecule has 1 aliphatic carbocycles. The van der Waals surface area contributed by atoms with E-state index >= 15 is 0 Å². The molecule has 0 spiro atoms. The average molecular weight is 371 g/mol. The minimum Gasteiger partial charge on any atom is -0.307 e. The molecule has 0 radical (unpaired) electrons. The summed E-state index contributed by atoms with van der Waals surface area (Å²) in [5.41, 5.74) is 2.67. The van der Waals surface area contributed by atoms with Crippen LogP contribution in [0.5, 0.6) is 0 Å². The lowest BCUT2D eigenvalue weighted by atomic mass is 9.94. The van der Waals surface area contributed by atoms with E-state index in [0.29, 0.717) is 22.1 Å². The van der Waals surface area contributed by atoms with Crippen LogP contribution < -0.4 is 10.6 Å². The predicted octanol–water partition coefficient (Wildman–Crippen LogP) is 4.21. The van der Waals surface area contributed by atoms with E-state index in [9.17, 15) is 14.4 Å². The number of rotatable bonds is 6. The Morgan fingerprint density at radius 1 is 1.27 bits per heavy atom. The highest BCUT2D eigenvalue weighted by molar-refractivity contribution is 7.13. The Labute approximate surface area is 156 Å². The van der Waals surface area contributed by atoms with E-state index in [0.717, 1.165) is 37.5 Å². The molecule has 1 fully saturated rings. The topological polar surface area (TPSA) is 88.2 Å². The number of Topliss-reactive ketones (excluding diaryl/α,β-unsaturated/α-hetero) is 1. The molecule has 2 amide bonds. The van der Waals surface area contributed by atoms with Crippen molar-refractivity contribution in [3.8, 4) is 0 Å². The summed E-state index contributed by atoms with van der Waals surface area (Å²) in [6.07, 6.45) is 4.98. The van der Waals surface area contributed by atoms with Gasteiger partial charge in [-0.1, -0.05) is 24.5 Å². The van der Waals surface area contributed by atoms with Gasteiger partial charge in [-0.05, 0) is 31.9 Å². The lowest BCUT2D eigenvalue weighted by molar-refractivity contribution is -0.107. The number of anilines is 2. The van der Waals surface area contributed by atoms with E-state index in [1.165, 1.54) is 11.3 Å². The molecule has 0 bridgehead atoms. The molecule has 2 aromatic rings. The molecule has 0 unspecified atom stereocenters. The zero-order chi connectivity index (χ0) is 18.5. The molecule has 1 heterocycles. The van der Waals surface area contributed by atoms with Crippen LogP contribution in [0.15, 0.2) is 23.6 Å². The van der Waals surface area contributed by atoms with Gasteiger partial charge in [0.25, 0.3) is 0 Å². The van der Waals surface area contributed by atoms with Crippen LogP contribution in [0, 0.1) is 12.8 Å². The van der Waals surface area contributed by atoms with Crippen LogP contribution >= 0.6 is 11.3 Å². The van der Waals surface area contributed by atoms with Crippen molar-refractivity contribution in [1.82, 2.24) is 4.98 Å². The zero-order valence-electron chi connectivity index (χ0n) is 14.6. The SMILES string of the molecule is Cc1ccc(NC(=O)Nc2nc(CC=O)cs2)c(C(=O)C2CCCC2)c1. The first kappa shape index (κ1) is 18.3. The van der Waals surface area contributed by atoms with Gasteiger partial charge in [0.05, 0.1) is 11.4 Å². The van der Waals surface area contributed by atoms with Gasteiger partial charge in [-0.2, -0.15) is 0 Å². The summed E-state index contributed by atoms with van der Waals surface area (Å²) in [6.45, 7) is 1.93. The number of carbonyl (C=O) groups excluding carboxylic acids is 3. The van der Waals surface area contributed by atoms with Crippen molar-refractivity contribution >= 4 is 40.3 Å². The molecule has 0 aliphatic heterocycles. The number of urea groups is 1. The first-order chi connectivity index (χ1) is 12.6. The molecule has 0 atom stereocenters. The molecular weight excluding hydrogens is 350 g/mol. The Morgan fingerprint density at radius 3 is 2.77 bits per heavy atom. The largest absolute Gasteiger partial charge is 0.325 e. The summed E-state index contributed by atoms with van der Waals surface area (Å²) in [6, 6.07) is 5.01. The summed E-state index contributed by atoms with van der Waals surface area (Å²) >= 11 is 1.25. The monoisotopic (exact) mass is 371 g/mol. The van der Waals surface area contributed by atoms with Crippen molar-refractivity contribution in [3.05, 3.63) is 40.4 Å². The fourth-order valence-corrected chi connectivity index (χ4v) is 3.89. The number of hydrogen-bond acceptors (Lipinski definition) is 5. The second-order valence-electron chi connectivity index (χ2n) is 6.49. The van der Waals surface area contributed by atoms with Crippen molar-refractivity contribution in [2.45, 2.75) is 39.0 Å². The highest BCUT2D eigenvalue weighted by Crippen LogP contribution is 2.31. The normalized spacial score (nSPS) is 14.2. The molecule has 26 heavy (non-hydrogen) atoms. The summed E-state index contributed by atoms with van der Waals surface area (Å²) in [5, 5.41) is 7.55. The van der Waals surface area contributed by atoms with Gasteiger partial charge < -0.3 is 10.1 Å². The number of benzene rings is 1. The van der Waals surface area contributed by atoms with Crippen LogP contribution in [0.1, 0.15) is 47.3 Å². The van der Waals surface area contributed by atoms with E-state index in [-0.39, 0.29) is 18.1 Å². The number of nitrogens with zero attached hydrogens (tertiary/aromatic N) is 1. The smallest absolute Gasteiger partial charge is 0.307 e. The van der Waals surface area contributed by atoms with E-state index in [1.54, 1.807) is 11.4 Å². The number of thiazole rings is 1. The number of hydrogen-bond donors (Lipinski definition) is 2. The number of aryl methyl sites for hydroxylation is 1. The van der Waals surface area contributed by atoms with Gasteiger partial charge in [-0.25, -0.2) is 9.78 Å². The highest BCUT2D eigenvalue weighted by Gasteiger charge is 2.26.